The third kappa shape index (κ3) is 2.42. The predicted octanol–water partition coefficient (Wildman–Crippen LogP) is 4.12. The van der Waals surface area contributed by atoms with Crippen molar-refractivity contribution in [3.05, 3.63) is 58.6 Å². The fourth-order valence-electron chi connectivity index (χ4n) is 3.53. The number of aromatic nitrogens is 3. The molecule has 24 heavy (non-hydrogen) atoms. The summed E-state index contributed by atoms with van der Waals surface area (Å²) in [5.74, 6) is 1.70. The first kappa shape index (κ1) is 14.2. The van der Waals surface area contributed by atoms with E-state index in [0.29, 0.717) is 5.02 Å². The molecule has 0 atom stereocenters. The van der Waals surface area contributed by atoms with E-state index in [1.54, 1.807) is 6.33 Å². The van der Waals surface area contributed by atoms with Gasteiger partial charge in [0.2, 0.25) is 0 Å². The average Bonchev–Trinajstić information content (AvgIpc) is 3.45. The van der Waals surface area contributed by atoms with Crippen LogP contribution in [0, 0.1) is 0 Å². The van der Waals surface area contributed by atoms with Gasteiger partial charge in [-0.1, -0.05) is 17.7 Å². The Bertz CT molecular complexity index is 936. The molecule has 5 rings (SSSR count). The van der Waals surface area contributed by atoms with Crippen LogP contribution in [0.15, 0.2) is 36.8 Å². The van der Waals surface area contributed by atoms with E-state index < -0.39 is 0 Å². The second-order valence-electron chi connectivity index (χ2n) is 6.68. The van der Waals surface area contributed by atoms with Crippen LogP contribution in [0.4, 0.5) is 5.82 Å². The molecule has 0 bridgehead atoms. The molecule has 1 aromatic carbocycles. The highest BCUT2D eigenvalue weighted by molar-refractivity contribution is 6.31. The van der Waals surface area contributed by atoms with Gasteiger partial charge >= 0.3 is 0 Å². The van der Waals surface area contributed by atoms with Crippen molar-refractivity contribution in [1.29, 1.82) is 0 Å². The number of benzene rings is 1. The molecule has 4 nitrogen and oxygen atoms in total. The third-order valence-electron chi connectivity index (χ3n) is 4.99. The van der Waals surface area contributed by atoms with Crippen molar-refractivity contribution in [2.45, 2.75) is 31.7 Å². The fraction of sp³-hybridized carbons (Fsp3) is 0.316. The first-order valence-electron chi connectivity index (χ1n) is 8.41. The van der Waals surface area contributed by atoms with Gasteiger partial charge in [-0.2, -0.15) is 0 Å². The monoisotopic (exact) mass is 336 g/mol. The van der Waals surface area contributed by atoms with Gasteiger partial charge in [0, 0.05) is 41.8 Å². The summed E-state index contributed by atoms with van der Waals surface area (Å²) in [6, 6.07) is 8.13. The molecule has 0 saturated heterocycles. The lowest BCUT2D eigenvalue weighted by molar-refractivity contribution is 0.702. The lowest BCUT2D eigenvalue weighted by atomic mass is 10.0. The highest BCUT2D eigenvalue weighted by atomic mass is 35.5. The number of fused-ring (bicyclic) bond motifs is 2. The standard InChI is InChI=1S/C19H17ClN4/c20-15-3-4-18-16(8-15)19(23-11-22-18)24-6-5-17-14(10-24)7-13(9-21-17)12-1-2-12/h3-4,7-9,11-12H,1-2,5-6,10H2. The largest absolute Gasteiger partial charge is 0.351 e. The summed E-state index contributed by atoms with van der Waals surface area (Å²) in [6.07, 6.45) is 7.27. The van der Waals surface area contributed by atoms with Crippen molar-refractivity contribution in [2.24, 2.45) is 0 Å². The molecule has 2 aliphatic rings. The Morgan fingerprint density at radius 2 is 2.00 bits per heavy atom. The maximum Gasteiger partial charge on any atom is 0.140 e. The van der Waals surface area contributed by atoms with Gasteiger partial charge in [0.15, 0.2) is 0 Å². The number of pyridine rings is 1. The van der Waals surface area contributed by atoms with Crippen molar-refractivity contribution in [1.82, 2.24) is 15.0 Å². The first-order valence-corrected chi connectivity index (χ1v) is 8.78. The molecular formula is C19H17ClN4. The van der Waals surface area contributed by atoms with E-state index in [-0.39, 0.29) is 0 Å². The first-order chi connectivity index (χ1) is 11.8. The summed E-state index contributed by atoms with van der Waals surface area (Å²) in [7, 11) is 0. The van der Waals surface area contributed by atoms with Gasteiger partial charge in [-0.3, -0.25) is 4.98 Å². The van der Waals surface area contributed by atoms with E-state index in [0.717, 1.165) is 42.1 Å². The number of halogens is 1. The number of hydrogen-bond acceptors (Lipinski definition) is 4. The molecule has 0 amide bonds. The molecular weight excluding hydrogens is 320 g/mol. The van der Waals surface area contributed by atoms with Gasteiger partial charge in [-0.15, -0.1) is 0 Å². The van der Waals surface area contributed by atoms with Gasteiger partial charge in [0.1, 0.15) is 12.1 Å². The molecule has 0 N–H and O–H groups in total. The molecule has 1 saturated carbocycles. The normalized spacial score (nSPS) is 17.1. The van der Waals surface area contributed by atoms with E-state index in [1.807, 2.05) is 18.2 Å². The second kappa shape index (κ2) is 5.42. The number of rotatable bonds is 2. The van der Waals surface area contributed by atoms with Crippen LogP contribution in [0.1, 0.15) is 35.6 Å². The molecule has 1 fully saturated rings. The Balaban J connectivity index is 1.54. The number of nitrogens with zero attached hydrogens (tertiary/aromatic N) is 4. The van der Waals surface area contributed by atoms with Crippen molar-refractivity contribution in [3.8, 4) is 0 Å². The van der Waals surface area contributed by atoms with Crippen molar-refractivity contribution in [2.75, 3.05) is 11.4 Å². The van der Waals surface area contributed by atoms with E-state index in [4.69, 9.17) is 16.6 Å². The molecule has 0 unspecified atom stereocenters. The summed E-state index contributed by atoms with van der Waals surface area (Å²) >= 11 is 6.19. The number of anilines is 1. The summed E-state index contributed by atoms with van der Waals surface area (Å²) < 4.78 is 0. The summed E-state index contributed by atoms with van der Waals surface area (Å²) in [5, 5.41) is 1.73. The molecule has 1 aliphatic heterocycles. The van der Waals surface area contributed by atoms with Crippen LogP contribution in [0.25, 0.3) is 10.9 Å². The minimum absolute atomic E-state index is 0.716. The lowest BCUT2D eigenvalue weighted by Crippen LogP contribution is -2.32. The van der Waals surface area contributed by atoms with Crippen molar-refractivity contribution < 1.29 is 0 Å². The Kier molecular flexibility index (Phi) is 3.20. The zero-order valence-corrected chi connectivity index (χ0v) is 14.0. The molecule has 3 aromatic rings. The fourth-order valence-corrected chi connectivity index (χ4v) is 3.70. The van der Waals surface area contributed by atoms with Crippen molar-refractivity contribution >= 4 is 28.3 Å². The predicted molar refractivity (Wildman–Crippen MR) is 95.5 cm³/mol. The molecule has 120 valence electrons. The third-order valence-corrected chi connectivity index (χ3v) is 5.22. The maximum absolute atomic E-state index is 6.19. The van der Waals surface area contributed by atoms with Crippen LogP contribution >= 0.6 is 11.6 Å². The van der Waals surface area contributed by atoms with Crippen LogP contribution in [0.2, 0.25) is 5.02 Å². The van der Waals surface area contributed by atoms with Gasteiger partial charge in [0.25, 0.3) is 0 Å². The molecule has 1 aliphatic carbocycles. The Morgan fingerprint density at radius 3 is 2.88 bits per heavy atom. The van der Waals surface area contributed by atoms with E-state index >= 15 is 0 Å². The summed E-state index contributed by atoms with van der Waals surface area (Å²) in [4.78, 5) is 15.9. The molecule has 3 heterocycles. The average molecular weight is 337 g/mol. The quantitative estimate of drug-likeness (QED) is 0.706. The smallest absolute Gasteiger partial charge is 0.140 e. The van der Waals surface area contributed by atoms with Crippen LogP contribution in [0.5, 0.6) is 0 Å². The highest BCUT2D eigenvalue weighted by Crippen LogP contribution is 2.40. The zero-order valence-electron chi connectivity index (χ0n) is 13.2. The van der Waals surface area contributed by atoms with E-state index in [9.17, 15) is 0 Å². The molecule has 0 spiro atoms. The zero-order chi connectivity index (χ0) is 16.1. The SMILES string of the molecule is Clc1ccc2ncnc(N3CCc4ncc(C5CC5)cc4C3)c2c1. The molecule has 2 aromatic heterocycles. The van der Waals surface area contributed by atoms with Gasteiger partial charge < -0.3 is 4.90 Å². The van der Waals surface area contributed by atoms with Crippen LogP contribution in [-0.4, -0.2) is 21.5 Å². The summed E-state index contributed by atoms with van der Waals surface area (Å²) in [6.45, 7) is 1.77. The van der Waals surface area contributed by atoms with Gasteiger partial charge in [-0.25, -0.2) is 9.97 Å². The highest BCUT2D eigenvalue weighted by Gasteiger charge is 2.26. The Hall–Kier alpha value is -2.20. The van der Waals surface area contributed by atoms with Crippen LogP contribution in [-0.2, 0) is 13.0 Å². The van der Waals surface area contributed by atoms with Crippen LogP contribution in [0.3, 0.4) is 0 Å². The second-order valence-corrected chi connectivity index (χ2v) is 7.12. The topological polar surface area (TPSA) is 41.9 Å². The minimum Gasteiger partial charge on any atom is -0.351 e. The van der Waals surface area contributed by atoms with E-state index in [1.165, 1.54) is 29.7 Å². The minimum atomic E-state index is 0.716. The van der Waals surface area contributed by atoms with Gasteiger partial charge in [0.05, 0.1) is 5.52 Å². The van der Waals surface area contributed by atoms with E-state index in [2.05, 4.69) is 27.1 Å². The lowest BCUT2D eigenvalue weighted by Gasteiger charge is -2.30. The molecule has 0 radical (unpaired) electrons. The van der Waals surface area contributed by atoms with Gasteiger partial charge in [-0.05, 0) is 48.1 Å². The Morgan fingerprint density at radius 1 is 1.08 bits per heavy atom. The molecule has 5 heteroatoms. The van der Waals surface area contributed by atoms with Crippen molar-refractivity contribution in [3.63, 3.8) is 0 Å². The maximum atomic E-state index is 6.19. The number of hydrogen-bond donors (Lipinski definition) is 0. The summed E-state index contributed by atoms with van der Waals surface area (Å²) in [5.41, 5.74) is 4.89. The Labute approximate surface area is 145 Å². The van der Waals surface area contributed by atoms with Crippen LogP contribution < -0.4 is 4.90 Å².